The quantitative estimate of drug-likeness (QED) is 0.878. The molecule has 2 saturated heterocycles. The third kappa shape index (κ3) is 3.58. The molecular formula is C19H25FN6. The summed E-state index contributed by atoms with van der Waals surface area (Å²) in [6.45, 7) is 4.93. The molecule has 0 radical (unpaired) electrons. The zero-order valence-corrected chi connectivity index (χ0v) is 14.9. The topological polar surface area (TPSA) is 84.3 Å². The number of halogens is 1. The number of hydrogen-bond acceptors (Lipinski definition) is 6. The van der Waals surface area contributed by atoms with Gasteiger partial charge < -0.3 is 16.4 Å². The van der Waals surface area contributed by atoms with Gasteiger partial charge in [0.2, 0.25) is 5.95 Å². The summed E-state index contributed by atoms with van der Waals surface area (Å²) in [5.74, 6) is 1.28. The summed E-state index contributed by atoms with van der Waals surface area (Å²) < 4.78 is 13.1. The minimum atomic E-state index is -0.182. The lowest BCUT2D eigenvalue weighted by Crippen LogP contribution is -2.44. The van der Waals surface area contributed by atoms with Gasteiger partial charge in [-0.2, -0.15) is 9.97 Å². The number of nitrogen functional groups attached to an aromatic ring is 2. The molecule has 2 fully saturated rings. The van der Waals surface area contributed by atoms with Gasteiger partial charge in [-0.25, -0.2) is 4.39 Å². The first kappa shape index (κ1) is 17.0. The molecule has 4 N–H and O–H groups in total. The molecule has 0 unspecified atom stereocenters. The molecule has 4 rings (SSSR count). The number of aromatic nitrogens is 2. The number of anilines is 3. The Morgan fingerprint density at radius 2 is 1.85 bits per heavy atom. The van der Waals surface area contributed by atoms with E-state index in [1.807, 2.05) is 12.1 Å². The van der Waals surface area contributed by atoms with E-state index in [4.69, 9.17) is 11.5 Å². The zero-order chi connectivity index (χ0) is 18.1. The molecule has 0 aliphatic carbocycles. The highest BCUT2D eigenvalue weighted by molar-refractivity contribution is 5.51. The molecule has 0 amide bonds. The summed E-state index contributed by atoms with van der Waals surface area (Å²) in [5.41, 5.74) is 13.0. The lowest BCUT2D eigenvalue weighted by atomic mass is 9.79. The van der Waals surface area contributed by atoms with E-state index in [-0.39, 0.29) is 17.2 Å². The van der Waals surface area contributed by atoms with E-state index in [0.717, 1.165) is 50.5 Å². The number of benzene rings is 1. The maximum atomic E-state index is 13.1. The largest absolute Gasteiger partial charge is 0.383 e. The predicted octanol–water partition coefficient (Wildman–Crippen LogP) is 2.27. The Labute approximate surface area is 153 Å². The highest BCUT2D eigenvalue weighted by Gasteiger charge is 2.41. The van der Waals surface area contributed by atoms with Crippen molar-refractivity contribution < 1.29 is 4.39 Å². The van der Waals surface area contributed by atoms with Gasteiger partial charge in [0.1, 0.15) is 17.5 Å². The molecule has 138 valence electrons. The maximum absolute atomic E-state index is 13.1. The van der Waals surface area contributed by atoms with Crippen molar-refractivity contribution in [3.8, 4) is 0 Å². The van der Waals surface area contributed by atoms with Crippen molar-refractivity contribution in [2.24, 2.45) is 5.41 Å². The van der Waals surface area contributed by atoms with Crippen molar-refractivity contribution >= 4 is 17.6 Å². The average molecular weight is 356 g/mol. The monoisotopic (exact) mass is 356 g/mol. The zero-order valence-electron chi connectivity index (χ0n) is 14.9. The molecule has 6 nitrogen and oxygen atoms in total. The highest BCUT2D eigenvalue weighted by Crippen LogP contribution is 2.40. The molecular weight excluding hydrogens is 331 g/mol. The molecule has 0 saturated carbocycles. The summed E-state index contributed by atoms with van der Waals surface area (Å²) in [4.78, 5) is 13.1. The van der Waals surface area contributed by atoms with E-state index in [2.05, 4.69) is 19.8 Å². The minimum absolute atomic E-state index is 0.182. The van der Waals surface area contributed by atoms with E-state index in [9.17, 15) is 4.39 Å². The molecule has 1 atom stereocenters. The van der Waals surface area contributed by atoms with Gasteiger partial charge in [0.15, 0.2) is 0 Å². The normalized spacial score (nSPS) is 23.7. The van der Waals surface area contributed by atoms with Crippen molar-refractivity contribution in [3.05, 3.63) is 41.7 Å². The molecule has 2 aliphatic heterocycles. The Hall–Kier alpha value is -2.41. The number of hydrogen-bond donors (Lipinski definition) is 2. The lowest BCUT2D eigenvalue weighted by molar-refractivity contribution is 0.0991. The average Bonchev–Trinajstić information content (AvgIpc) is 3.00. The van der Waals surface area contributed by atoms with Crippen LogP contribution in [0.4, 0.5) is 22.0 Å². The fraction of sp³-hybridized carbons (Fsp3) is 0.474. The van der Waals surface area contributed by atoms with Gasteiger partial charge in [0.05, 0.1) is 0 Å². The van der Waals surface area contributed by atoms with Gasteiger partial charge in [-0.3, -0.25) is 4.90 Å². The first-order valence-corrected chi connectivity index (χ1v) is 9.13. The predicted molar refractivity (Wildman–Crippen MR) is 101 cm³/mol. The van der Waals surface area contributed by atoms with Crippen molar-refractivity contribution in [1.82, 2.24) is 14.9 Å². The Balaban J connectivity index is 1.44. The summed E-state index contributed by atoms with van der Waals surface area (Å²) in [6.07, 6.45) is 3.54. The highest BCUT2D eigenvalue weighted by atomic mass is 19.1. The maximum Gasteiger partial charge on any atom is 0.223 e. The van der Waals surface area contributed by atoms with Crippen LogP contribution in [-0.4, -0.2) is 41.0 Å². The van der Waals surface area contributed by atoms with Crippen molar-refractivity contribution in [1.29, 1.82) is 0 Å². The van der Waals surface area contributed by atoms with E-state index >= 15 is 0 Å². The van der Waals surface area contributed by atoms with Crippen LogP contribution in [0.25, 0.3) is 0 Å². The van der Waals surface area contributed by atoms with Gasteiger partial charge in [-0.1, -0.05) is 12.1 Å². The molecule has 1 spiro atoms. The molecule has 3 heterocycles. The van der Waals surface area contributed by atoms with Crippen LogP contribution in [0.5, 0.6) is 0 Å². The number of piperidine rings is 1. The molecule has 2 aliphatic rings. The Kier molecular flexibility index (Phi) is 4.40. The van der Waals surface area contributed by atoms with E-state index < -0.39 is 0 Å². The molecule has 7 heteroatoms. The van der Waals surface area contributed by atoms with E-state index in [0.29, 0.717) is 5.82 Å². The molecule has 0 bridgehead atoms. The van der Waals surface area contributed by atoms with Crippen LogP contribution in [0, 0.1) is 11.2 Å². The first-order chi connectivity index (χ1) is 12.5. The van der Waals surface area contributed by atoms with Crippen molar-refractivity contribution in [3.63, 3.8) is 0 Å². The third-order valence-electron chi connectivity index (χ3n) is 5.57. The number of rotatable bonds is 3. The number of likely N-dealkylation sites (tertiary alicyclic amines) is 1. The Morgan fingerprint density at radius 1 is 1.04 bits per heavy atom. The first-order valence-electron chi connectivity index (χ1n) is 9.13. The van der Waals surface area contributed by atoms with Crippen LogP contribution in [0.2, 0.25) is 0 Å². The van der Waals surface area contributed by atoms with Crippen LogP contribution in [0.3, 0.4) is 0 Å². The second kappa shape index (κ2) is 6.72. The summed E-state index contributed by atoms with van der Waals surface area (Å²) in [5, 5.41) is 0. The van der Waals surface area contributed by atoms with Gasteiger partial charge in [0.25, 0.3) is 0 Å². The standard InChI is InChI=1S/C19H25FN6/c20-15-4-2-14(3-5-15)11-25-8-1-6-19(12-25)7-9-26(13-19)17-10-16(21)23-18(22)24-17/h2-5,10H,1,6-9,11-13H2,(H4,21,22,23,24)/t19-/m0/s1. The van der Waals surface area contributed by atoms with E-state index in [1.54, 1.807) is 6.07 Å². The van der Waals surface area contributed by atoms with Crippen LogP contribution in [0.1, 0.15) is 24.8 Å². The van der Waals surface area contributed by atoms with Gasteiger partial charge in [-0.05, 0) is 43.5 Å². The summed E-state index contributed by atoms with van der Waals surface area (Å²) in [7, 11) is 0. The summed E-state index contributed by atoms with van der Waals surface area (Å²) in [6, 6.07) is 8.63. The third-order valence-corrected chi connectivity index (χ3v) is 5.57. The molecule has 26 heavy (non-hydrogen) atoms. The number of nitrogens with two attached hydrogens (primary N) is 2. The SMILES string of the molecule is Nc1cc(N2CC[C@]3(CCCN(Cc4ccc(F)cc4)C3)C2)nc(N)n1. The fourth-order valence-electron chi connectivity index (χ4n) is 4.39. The van der Waals surface area contributed by atoms with Gasteiger partial charge in [-0.15, -0.1) is 0 Å². The van der Waals surface area contributed by atoms with E-state index in [1.165, 1.54) is 25.0 Å². The second-order valence-corrected chi connectivity index (χ2v) is 7.62. The lowest BCUT2D eigenvalue weighted by Gasteiger charge is -2.40. The summed E-state index contributed by atoms with van der Waals surface area (Å²) >= 11 is 0. The van der Waals surface area contributed by atoms with Crippen LogP contribution < -0.4 is 16.4 Å². The van der Waals surface area contributed by atoms with Crippen LogP contribution >= 0.6 is 0 Å². The van der Waals surface area contributed by atoms with Crippen molar-refractivity contribution in [2.75, 3.05) is 42.5 Å². The van der Waals surface area contributed by atoms with Crippen LogP contribution in [0.15, 0.2) is 30.3 Å². The Bertz CT molecular complexity index is 760. The van der Waals surface area contributed by atoms with Gasteiger partial charge in [0, 0.05) is 37.7 Å². The smallest absolute Gasteiger partial charge is 0.223 e. The second-order valence-electron chi connectivity index (χ2n) is 7.62. The minimum Gasteiger partial charge on any atom is -0.383 e. The fourth-order valence-corrected chi connectivity index (χ4v) is 4.39. The van der Waals surface area contributed by atoms with Crippen LogP contribution in [-0.2, 0) is 6.54 Å². The molecule has 1 aromatic carbocycles. The Morgan fingerprint density at radius 3 is 2.62 bits per heavy atom. The number of nitrogens with zero attached hydrogens (tertiary/aromatic N) is 4. The molecule has 1 aromatic heterocycles. The molecule has 2 aromatic rings. The van der Waals surface area contributed by atoms with Crippen molar-refractivity contribution in [2.45, 2.75) is 25.8 Å². The van der Waals surface area contributed by atoms with Gasteiger partial charge >= 0.3 is 0 Å².